The van der Waals surface area contributed by atoms with Gasteiger partial charge in [-0.05, 0) is 13.3 Å². The molecule has 0 saturated heterocycles. The number of hydrogen-bond donors (Lipinski definition) is 1. The molecule has 1 aromatic heterocycles. The number of alkyl halides is 2. The van der Waals surface area contributed by atoms with Gasteiger partial charge in [-0.25, -0.2) is 4.79 Å². The number of nitrogen functional groups attached to an aromatic ring is 1. The second-order valence-corrected chi connectivity index (χ2v) is 7.76. The van der Waals surface area contributed by atoms with Crippen molar-refractivity contribution in [2.75, 3.05) is 12.3 Å². The minimum absolute atomic E-state index is 0.210. The Kier molecular flexibility index (Phi) is 5.07. The highest BCUT2D eigenvalue weighted by molar-refractivity contribution is 6.53. The SMILES string of the molecule is CCCn1c(N)c(C(=O)COC(=O)[C@]2(C)CC2(Cl)Cl)c(=O)n(C)c1=O. The number of carbonyl (C=O) groups is 2. The normalized spacial score (nSPS) is 21.0. The lowest BCUT2D eigenvalue weighted by Gasteiger charge is -2.15. The van der Waals surface area contributed by atoms with Crippen molar-refractivity contribution in [2.24, 2.45) is 12.5 Å². The van der Waals surface area contributed by atoms with Crippen LogP contribution in [0.25, 0.3) is 0 Å². The first-order valence-corrected chi connectivity index (χ1v) is 8.41. The van der Waals surface area contributed by atoms with Crippen molar-refractivity contribution in [3.8, 4) is 0 Å². The van der Waals surface area contributed by atoms with Gasteiger partial charge in [0, 0.05) is 20.0 Å². The second kappa shape index (κ2) is 6.49. The predicted molar refractivity (Wildman–Crippen MR) is 93.1 cm³/mol. The van der Waals surface area contributed by atoms with E-state index in [-0.39, 0.29) is 24.3 Å². The van der Waals surface area contributed by atoms with Crippen molar-refractivity contribution >= 4 is 40.8 Å². The number of ether oxygens (including phenoxy) is 1. The van der Waals surface area contributed by atoms with Crippen molar-refractivity contribution in [3.63, 3.8) is 0 Å². The molecule has 0 radical (unpaired) electrons. The van der Waals surface area contributed by atoms with Gasteiger partial charge in [0.25, 0.3) is 5.56 Å². The van der Waals surface area contributed by atoms with Crippen LogP contribution in [0.15, 0.2) is 9.59 Å². The van der Waals surface area contributed by atoms with Crippen LogP contribution >= 0.6 is 23.2 Å². The van der Waals surface area contributed by atoms with Crippen molar-refractivity contribution in [2.45, 2.75) is 37.6 Å². The van der Waals surface area contributed by atoms with Gasteiger partial charge >= 0.3 is 11.7 Å². The Morgan fingerprint density at radius 1 is 1.32 bits per heavy atom. The van der Waals surface area contributed by atoms with Gasteiger partial charge in [0.2, 0.25) is 5.78 Å². The number of Topliss-reactive ketones (excluding diaryl/α,β-unsaturated/α-hetero) is 1. The van der Waals surface area contributed by atoms with Gasteiger partial charge in [0.05, 0.1) is 0 Å². The fourth-order valence-electron chi connectivity index (χ4n) is 2.47. The molecule has 0 aliphatic heterocycles. The zero-order valence-electron chi connectivity index (χ0n) is 14.1. The summed E-state index contributed by atoms with van der Waals surface area (Å²) in [4.78, 5) is 48.7. The van der Waals surface area contributed by atoms with Crippen LogP contribution in [0.3, 0.4) is 0 Å². The maximum atomic E-state index is 12.4. The van der Waals surface area contributed by atoms with Crippen LogP contribution < -0.4 is 17.0 Å². The van der Waals surface area contributed by atoms with E-state index in [9.17, 15) is 19.2 Å². The summed E-state index contributed by atoms with van der Waals surface area (Å²) in [6.07, 6.45) is 0.790. The van der Waals surface area contributed by atoms with Crippen molar-refractivity contribution in [3.05, 3.63) is 26.4 Å². The maximum Gasteiger partial charge on any atom is 0.332 e. The third-order valence-corrected chi connectivity index (χ3v) is 5.45. The molecule has 138 valence electrons. The Morgan fingerprint density at radius 2 is 1.88 bits per heavy atom. The lowest BCUT2D eigenvalue weighted by molar-refractivity contribution is -0.148. The number of nitrogens with zero attached hydrogens (tertiary/aromatic N) is 2. The van der Waals surface area contributed by atoms with Gasteiger partial charge < -0.3 is 10.5 Å². The number of carbonyl (C=O) groups excluding carboxylic acids is 2. The molecular formula is C15H19Cl2N3O5. The van der Waals surface area contributed by atoms with Crippen LogP contribution in [0.4, 0.5) is 5.82 Å². The Hall–Kier alpha value is -1.80. The molecule has 1 heterocycles. The monoisotopic (exact) mass is 391 g/mol. The third kappa shape index (κ3) is 3.20. The van der Waals surface area contributed by atoms with Gasteiger partial charge in [-0.1, -0.05) is 6.92 Å². The molecule has 10 heteroatoms. The molecule has 1 fully saturated rings. The van der Waals surface area contributed by atoms with Gasteiger partial charge in [0.15, 0.2) is 6.61 Å². The average molecular weight is 392 g/mol. The summed E-state index contributed by atoms with van der Waals surface area (Å²) >= 11 is 11.8. The Labute approximate surface area is 153 Å². The Balaban J connectivity index is 2.27. The van der Waals surface area contributed by atoms with Crippen LogP contribution in [0.5, 0.6) is 0 Å². The Morgan fingerprint density at radius 3 is 2.36 bits per heavy atom. The van der Waals surface area contributed by atoms with E-state index in [1.165, 1.54) is 14.0 Å². The molecule has 1 aliphatic carbocycles. The largest absolute Gasteiger partial charge is 0.457 e. The van der Waals surface area contributed by atoms with E-state index in [4.69, 9.17) is 33.7 Å². The van der Waals surface area contributed by atoms with Crippen LogP contribution in [0.2, 0.25) is 0 Å². The summed E-state index contributed by atoms with van der Waals surface area (Å²) in [5.41, 5.74) is 2.91. The number of hydrogen-bond acceptors (Lipinski definition) is 6. The number of anilines is 1. The topological polar surface area (TPSA) is 113 Å². The summed E-state index contributed by atoms with van der Waals surface area (Å²) in [5.74, 6) is -1.77. The molecule has 2 N–H and O–H groups in total. The fourth-order valence-corrected chi connectivity index (χ4v) is 3.16. The minimum atomic E-state index is -1.23. The molecule has 8 nitrogen and oxygen atoms in total. The number of nitrogens with two attached hydrogens (primary N) is 1. The van der Waals surface area contributed by atoms with E-state index in [1.54, 1.807) is 0 Å². The highest BCUT2D eigenvalue weighted by Crippen LogP contribution is 2.64. The van der Waals surface area contributed by atoms with Gasteiger partial charge in [-0.2, -0.15) is 0 Å². The average Bonchev–Trinajstić information content (AvgIpc) is 3.07. The fraction of sp³-hybridized carbons (Fsp3) is 0.600. The number of halogens is 2. The van der Waals surface area contributed by atoms with Crippen molar-refractivity contribution in [1.82, 2.24) is 9.13 Å². The molecule has 0 amide bonds. The van der Waals surface area contributed by atoms with E-state index < -0.39 is 39.4 Å². The van der Waals surface area contributed by atoms with Crippen molar-refractivity contribution in [1.29, 1.82) is 0 Å². The molecule has 1 atom stereocenters. The number of ketones is 1. The van der Waals surface area contributed by atoms with Crippen molar-refractivity contribution < 1.29 is 14.3 Å². The lowest BCUT2D eigenvalue weighted by Crippen LogP contribution is -2.43. The van der Waals surface area contributed by atoms with E-state index >= 15 is 0 Å². The highest BCUT2D eigenvalue weighted by Gasteiger charge is 2.69. The zero-order chi connectivity index (χ0) is 19.2. The molecular weight excluding hydrogens is 373 g/mol. The molecule has 1 saturated carbocycles. The summed E-state index contributed by atoms with van der Waals surface area (Å²) in [6, 6.07) is 0. The summed E-state index contributed by atoms with van der Waals surface area (Å²) < 4.78 is 5.66. The molecule has 1 aromatic rings. The van der Waals surface area contributed by atoms with E-state index in [0.717, 1.165) is 9.13 Å². The first-order valence-electron chi connectivity index (χ1n) is 7.65. The van der Waals surface area contributed by atoms with Crippen LogP contribution in [0, 0.1) is 5.41 Å². The predicted octanol–water partition coefficient (Wildman–Crippen LogP) is 0.849. The number of aromatic nitrogens is 2. The number of rotatable bonds is 6. The quantitative estimate of drug-likeness (QED) is 0.436. The second-order valence-electron chi connectivity index (χ2n) is 6.27. The van der Waals surface area contributed by atoms with E-state index in [0.29, 0.717) is 6.42 Å². The van der Waals surface area contributed by atoms with E-state index in [2.05, 4.69) is 0 Å². The maximum absolute atomic E-state index is 12.4. The zero-order valence-corrected chi connectivity index (χ0v) is 15.6. The molecule has 1 aliphatic rings. The smallest absolute Gasteiger partial charge is 0.332 e. The van der Waals surface area contributed by atoms with Gasteiger partial charge in [-0.15, -0.1) is 23.2 Å². The molecule has 0 aromatic carbocycles. The van der Waals surface area contributed by atoms with E-state index in [1.807, 2.05) is 6.92 Å². The van der Waals surface area contributed by atoms with Crippen LogP contribution in [-0.4, -0.2) is 31.8 Å². The summed E-state index contributed by atoms with van der Waals surface area (Å²) in [7, 11) is 1.25. The molecule has 0 unspecified atom stereocenters. The molecule has 25 heavy (non-hydrogen) atoms. The Bertz CT molecular complexity index is 858. The lowest BCUT2D eigenvalue weighted by atomic mass is 10.1. The number of esters is 1. The minimum Gasteiger partial charge on any atom is -0.457 e. The standard InChI is InChI=1S/C15H19Cl2N3O5/c1-4-5-20-10(18)9(11(22)19(3)13(20)24)8(21)6-25-12(23)14(2)7-15(14,16)17/h4-7,18H2,1-3H3/t14-/m0/s1. The first-order chi connectivity index (χ1) is 11.5. The van der Waals surface area contributed by atoms with Crippen LogP contribution in [-0.2, 0) is 23.1 Å². The third-order valence-electron chi connectivity index (χ3n) is 4.35. The molecule has 2 rings (SSSR count). The van der Waals surface area contributed by atoms with Gasteiger partial charge in [0.1, 0.15) is 21.1 Å². The first kappa shape index (κ1) is 19.5. The molecule has 0 spiro atoms. The van der Waals surface area contributed by atoms with Gasteiger partial charge in [-0.3, -0.25) is 23.5 Å². The van der Waals surface area contributed by atoms with Crippen LogP contribution in [0.1, 0.15) is 37.0 Å². The highest BCUT2D eigenvalue weighted by atomic mass is 35.5. The summed E-state index contributed by atoms with van der Waals surface area (Å²) in [5, 5.41) is 0. The molecule has 0 bridgehead atoms. The summed E-state index contributed by atoms with van der Waals surface area (Å²) in [6.45, 7) is 2.90.